The number of rotatable bonds is 1. The van der Waals surface area contributed by atoms with Gasteiger partial charge >= 0.3 is 6.09 Å². The maximum Gasteiger partial charge on any atom is 0.410 e. The highest BCUT2D eigenvalue weighted by Gasteiger charge is 2.60. The van der Waals surface area contributed by atoms with Crippen molar-refractivity contribution in [1.29, 1.82) is 0 Å². The fourth-order valence-corrected chi connectivity index (χ4v) is 2.84. The lowest BCUT2D eigenvalue weighted by atomic mass is 9.89. The first-order valence-electron chi connectivity index (χ1n) is 7.22. The number of hydrogen-bond donors (Lipinski definition) is 0. The average molecular weight is 293 g/mol. The second kappa shape index (κ2) is 4.70. The number of amides is 1. The van der Waals surface area contributed by atoms with Crippen LogP contribution in [0.15, 0.2) is 24.3 Å². The van der Waals surface area contributed by atoms with Gasteiger partial charge in [0.15, 0.2) is 0 Å². The van der Waals surface area contributed by atoms with Crippen molar-refractivity contribution in [1.82, 2.24) is 4.90 Å². The van der Waals surface area contributed by atoms with Crippen molar-refractivity contribution >= 4 is 6.09 Å². The van der Waals surface area contributed by atoms with Crippen molar-refractivity contribution in [3.05, 3.63) is 35.6 Å². The van der Waals surface area contributed by atoms with Crippen molar-refractivity contribution in [3.8, 4) is 0 Å². The Morgan fingerprint density at radius 3 is 2.62 bits per heavy atom. The summed E-state index contributed by atoms with van der Waals surface area (Å²) in [6.07, 6.45) is 0.387. The Hall–Kier alpha value is -1.62. The molecule has 3 rings (SSSR count). The third kappa shape index (κ3) is 2.75. The molecule has 2 fully saturated rings. The van der Waals surface area contributed by atoms with Crippen LogP contribution in [0.2, 0.25) is 0 Å². The molecule has 1 aromatic carbocycles. The van der Waals surface area contributed by atoms with Gasteiger partial charge < -0.3 is 14.4 Å². The van der Waals surface area contributed by atoms with Crippen molar-refractivity contribution < 1.29 is 18.7 Å². The van der Waals surface area contributed by atoms with Crippen LogP contribution in [0, 0.1) is 5.82 Å². The number of fused-ring (bicyclic) bond motifs is 1. The predicted octanol–water partition coefficient (Wildman–Crippen LogP) is 3.06. The normalized spacial score (nSPS) is 28.0. The molecule has 21 heavy (non-hydrogen) atoms. The summed E-state index contributed by atoms with van der Waals surface area (Å²) in [5.74, 6) is -0.251. The zero-order chi connectivity index (χ0) is 15.3. The summed E-state index contributed by atoms with van der Waals surface area (Å²) in [4.78, 5) is 13.7. The lowest BCUT2D eigenvalue weighted by Gasteiger charge is -2.31. The zero-order valence-corrected chi connectivity index (χ0v) is 12.6. The van der Waals surface area contributed by atoms with E-state index in [4.69, 9.17) is 9.47 Å². The molecule has 2 aliphatic rings. The number of carbonyl (C=O) groups excluding carboxylic acids is 1. The first kappa shape index (κ1) is 14.3. The van der Waals surface area contributed by atoms with Gasteiger partial charge in [0.25, 0.3) is 0 Å². The Bertz CT molecular complexity index is 552. The molecule has 0 spiro atoms. The van der Waals surface area contributed by atoms with E-state index in [2.05, 4.69) is 0 Å². The second-order valence-corrected chi connectivity index (χ2v) is 6.68. The Morgan fingerprint density at radius 2 is 2.05 bits per heavy atom. The summed E-state index contributed by atoms with van der Waals surface area (Å²) in [5, 5.41) is 0. The van der Waals surface area contributed by atoms with Crippen molar-refractivity contribution in [3.63, 3.8) is 0 Å². The molecule has 2 unspecified atom stereocenters. The monoisotopic (exact) mass is 293 g/mol. The fraction of sp³-hybridized carbons (Fsp3) is 0.562. The highest BCUT2D eigenvalue weighted by Crippen LogP contribution is 2.51. The van der Waals surface area contributed by atoms with Gasteiger partial charge in [-0.05, 0) is 38.5 Å². The van der Waals surface area contributed by atoms with Crippen LogP contribution < -0.4 is 0 Å². The number of nitrogens with zero attached hydrogens (tertiary/aromatic N) is 1. The molecule has 0 aliphatic carbocycles. The lowest BCUT2D eigenvalue weighted by Crippen LogP contribution is -2.44. The van der Waals surface area contributed by atoms with E-state index in [9.17, 15) is 9.18 Å². The van der Waals surface area contributed by atoms with Gasteiger partial charge in [0.2, 0.25) is 0 Å². The molecule has 1 aromatic rings. The van der Waals surface area contributed by atoms with Gasteiger partial charge in [0, 0.05) is 13.0 Å². The predicted molar refractivity (Wildman–Crippen MR) is 75.4 cm³/mol. The summed E-state index contributed by atoms with van der Waals surface area (Å²) < 4.78 is 24.2. The van der Waals surface area contributed by atoms with Crippen LogP contribution in [0.4, 0.5) is 9.18 Å². The van der Waals surface area contributed by atoms with Gasteiger partial charge in [0.05, 0.1) is 6.54 Å². The van der Waals surface area contributed by atoms with E-state index in [1.165, 1.54) is 12.1 Å². The molecular weight excluding hydrogens is 273 g/mol. The molecular formula is C16H20FNO3. The minimum absolute atomic E-state index is 0.0239. The highest BCUT2D eigenvalue weighted by atomic mass is 19.1. The molecule has 0 aromatic heterocycles. The zero-order valence-electron chi connectivity index (χ0n) is 12.6. The molecule has 5 heteroatoms. The van der Waals surface area contributed by atoms with Gasteiger partial charge in [-0.1, -0.05) is 12.1 Å². The van der Waals surface area contributed by atoms with Crippen LogP contribution in [0.25, 0.3) is 0 Å². The van der Waals surface area contributed by atoms with E-state index in [-0.39, 0.29) is 23.6 Å². The summed E-state index contributed by atoms with van der Waals surface area (Å²) >= 11 is 0. The van der Waals surface area contributed by atoms with Crippen LogP contribution in [-0.2, 0) is 15.1 Å². The van der Waals surface area contributed by atoms with E-state index in [1.54, 1.807) is 17.0 Å². The number of epoxide rings is 1. The van der Waals surface area contributed by atoms with E-state index >= 15 is 0 Å². The van der Waals surface area contributed by atoms with Crippen molar-refractivity contribution in [2.45, 2.75) is 44.5 Å². The molecule has 0 radical (unpaired) electrons. The van der Waals surface area contributed by atoms with Crippen LogP contribution in [-0.4, -0.2) is 35.8 Å². The average Bonchev–Trinajstić information content (AvgIpc) is 3.11. The van der Waals surface area contributed by atoms with Crippen molar-refractivity contribution in [2.24, 2.45) is 0 Å². The Morgan fingerprint density at radius 1 is 1.38 bits per heavy atom. The number of piperidine rings is 1. The summed E-state index contributed by atoms with van der Waals surface area (Å²) in [5.41, 5.74) is 0.150. The first-order valence-corrected chi connectivity index (χ1v) is 7.22. The highest BCUT2D eigenvalue weighted by molar-refractivity contribution is 5.68. The third-order valence-corrected chi connectivity index (χ3v) is 3.94. The van der Waals surface area contributed by atoms with Crippen LogP contribution in [0.3, 0.4) is 0 Å². The van der Waals surface area contributed by atoms with Crippen LogP contribution >= 0.6 is 0 Å². The molecule has 0 bridgehead atoms. The molecule has 1 amide bonds. The minimum atomic E-state index is -0.493. The van der Waals surface area contributed by atoms with Crippen LogP contribution in [0.5, 0.6) is 0 Å². The molecule has 2 aliphatic heterocycles. The number of hydrogen-bond acceptors (Lipinski definition) is 3. The van der Waals surface area contributed by atoms with Gasteiger partial charge in [-0.15, -0.1) is 0 Å². The topological polar surface area (TPSA) is 42.1 Å². The largest absolute Gasteiger partial charge is 0.444 e. The van der Waals surface area contributed by atoms with Gasteiger partial charge in [-0.2, -0.15) is 0 Å². The third-order valence-electron chi connectivity index (χ3n) is 3.94. The number of ether oxygens (including phenoxy) is 2. The van der Waals surface area contributed by atoms with E-state index in [1.807, 2.05) is 20.8 Å². The van der Waals surface area contributed by atoms with E-state index in [0.29, 0.717) is 19.5 Å². The molecule has 4 nitrogen and oxygen atoms in total. The fourth-order valence-electron chi connectivity index (χ4n) is 2.84. The molecule has 0 N–H and O–H groups in total. The van der Waals surface area contributed by atoms with Crippen LogP contribution in [0.1, 0.15) is 32.8 Å². The molecule has 2 heterocycles. The molecule has 0 saturated carbocycles. The van der Waals surface area contributed by atoms with E-state index in [0.717, 1.165) is 5.56 Å². The number of halogens is 1. The molecule has 114 valence electrons. The summed E-state index contributed by atoms with van der Waals surface area (Å²) in [7, 11) is 0. The minimum Gasteiger partial charge on any atom is -0.444 e. The quantitative estimate of drug-likeness (QED) is 0.747. The second-order valence-electron chi connectivity index (χ2n) is 6.68. The molecule has 2 atom stereocenters. The molecule has 2 saturated heterocycles. The number of carbonyl (C=O) groups is 1. The first-order chi connectivity index (χ1) is 9.80. The standard InChI is InChI=1S/C16H20FNO3/c1-15(2,3)21-14(19)18-9-8-16(13(10-18)20-16)11-4-6-12(17)7-5-11/h4-7,13H,8-10H2,1-3H3. The van der Waals surface area contributed by atoms with Gasteiger partial charge in [-0.3, -0.25) is 0 Å². The Kier molecular flexibility index (Phi) is 3.20. The number of benzene rings is 1. The van der Waals surface area contributed by atoms with Gasteiger partial charge in [-0.25, -0.2) is 9.18 Å². The van der Waals surface area contributed by atoms with Crippen molar-refractivity contribution in [2.75, 3.05) is 13.1 Å². The van der Waals surface area contributed by atoms with Gasteiger partial charge in [0.1, 0.15) is 23.1 Å². The SMILES string of the molecule is CC(C)(C)OC(=O)N1CCC2(c3ccc(F)cc3)OC2C1. The smallest absolute Gasteiger partial charge is 0.410 e. The number of likely N-dealkylation sites (tertiary alicyclic amines) is 1. The maximum atomic E-state index is 13.0. The Balaban J connectivity index is 1.65. The summed E-state index contributed by atoms with van der Waals surface area (Å²) in [6.45, 7) is 6.66. The summed E-state index contributed by atoms with van der Waals surface area (Å²) in [6, 6.07) is 6.42. The van der Waals surface area contributed by atoms with E-state index < -0.39 is 5.60 Å². The maximum absolute atomic E-state index is 13.0. The lowest BCUT2D eigenvalue weighted by molar-refractivity contribution is 0.0217. The Labute approximate surface area is 123 Å².